The number of carbonyl (C=O) groups excluding carboxylic acids is 3. The predicted molar refractivity (Wildman–Crippen MR) is 111 cm³/mol. The molecule has 2 amide bonds. The summed E-state index contributed by atoms with van der Waals surface area (Å²) < 4.78 is 10.6. The molecule has 3 rings (SSSR count). The van der Waals surface area contributed by atoms with Gasteiger partial charge in [0.25, 0.3) is 11.6 Å². The number of hydrogen-bond donors (Lipinski definition) is 1. The Kier molecular flexibility index (Phi) is 6.81. The van der Waals surface area contributed by atoms with Crippen molar-refractivity contribution in [1.82, 2.24) is 0 Å². The fourth-order valence-electron chi connectivity index (χ4n) is 3.20. The number of nitrogens with one attached hydrogen (secondary N) is 1. The highest BCUT2D eigenvalue weighted by Gasteiger charge is 2.37. The minimum Gasteiger partial charge on any atom is -0.492 e. The van der Waals surface area contributed by atoms with Crippen LogP contribution in [0.2, 0.25) is 0 Å². The van der Waals surface area contributed by atoms with Crippen LogP contribution >= 0.6 is 0 Å². The standard InChI is InChI=1S/C21H21N3O7/c1-2-30-18-9-4-3-8-17(18)23-12-14(10-20(23)26)21(27)31-13-19(25)22-15-6-5-7-16(11-15)24(28)29/h3-9,11,14H,2,10,12-13H2,1H3,(H,22,25)/t14-/m0/s1. The second kappa shape index (κ2) is 9.70. The fourth-order valence-corrected chi connectivity index (χ4v) is 3.20. The molecule has 2 aromatic carbocycles. The molecule has 1 fully saturated rings. The number of nitrogens with zero attached hydrogens (tertiary/aromatic N) is 2. The highest BCUT2D eigenvalue weighted by atomic mass is 16.6. The van der Waals surface area contributed by atoms with Gasteiger partial charge in [-0.05, 0) is 25.1 Å². The number of non-ortho nitro benzene ring substituents is 1. The van der Waals surface area contributed by atoms with Gasteiger partial charge in [-0.25, -0.2) is 0 Å². The molecule has 0 bridgehead atoms. The van der Waals surface area contributed by atoms with Crippen LogP contribution in [-0.2, 0) is 19.1 Å². The minimum atomic E-state index is -0.715. The number of rotatable bonds is 8. The number of anilines is 2. The van der Waals surface area contributed by atoms with Crippen molar-refractivity contribution in [2.45, 2.75) is 13.3 Å². The molecular weight excluding hydrogens is 406 g/mol. The lowest BCUT2D eigenvalue weighted by Crippen LogP contribution is -2.28. The van der Waals surface area contributed by atoms with Crippen molar-refractivity contribution in [3.05, 3.63) is 58.6 Å². The van der Waals surface area contributed by atoms with E-state index in [1.807, 2.05) is 6.92 Å². The number of para-hydroxylation sites is 2. The van der Waals surface area contributed by atoms with E-state index < -0.39 is 29.3 Å². The second-order valence-corrected chi connectivity index (χ2v) is 6.77. The van der Waals surface area contributed by atoms with E-state index in [1.54, 1.807) is 24.3 Å². The number of nitro groups is 1. The van der Waals surface area contributed by atoms with Crippen LogP contribution < -0.4 is 15.0 Å². The maximum absolute atomic E-state index is 12.4. The third kappa shape index (κ3) is 5.35. The molecule has 2 aromatic rings. The van der Waals surface area contributed by atoms with E-state index in [1.165, 1.54) is 29.2 Å². The zero-order chi connectivity index (χ0) is 22.4. The maximum Gasteiger partial charge on any atom is 0.311 e. The zero-order valence-electron chi connectivity index (χ0n) is 16.8. The monoisotopic (exact) mass is 427 g/mol. The number of benzene rings is 2. The van der Waals surface area contributed by atoms with E-state index in [4.69, 9.17) is 9.47 Å². The molecule has 1 aliphatic heterocycles. The molecule has 1 aliphatic rings. The Balaban J connectivity index is 1.56. The summed E-state index contributed by atoms with van der Waals surface area (Å²) in [6.07, 6.45) is -0.0359. The Bertz CT molecular complexity index is 1010. The Morgan fingerprint density at radius 3 is 2.74 bits per heavy atom. The number of carbonyl (C=O) groups is 3. The van der Waals surface area contributed by atoms with E-state index in [9.17, 15) is 24.5 Å². The van der Waals surface area contributed by atoms with Gasteiger partial charge in [0.15, 0.2) is 6.61 Å². The number of nitro benzene ring substituents is 1. The molecule has 1 atom stereocenters. The van der Waals surface area contributed by atoms with Crippen LogP contribution in [0.4, 0.5) is 17.1 Å². The van der Waals surface area contributed by atoms with Crippen molar-refractivity contribution in [3.63, 3.8) is 0 Å². The van der Waals surface area contributed by atoms with Gasteiger partial charge < -0.3 is 19.7 Å². The minimum absolute atomic E-state index is 0.0359. The summed E-state index contributed by atoms with van der Waals surface area (Å²) in [6, 6.07) is 12.5. The smallest absolute Gasteiger partial charge is 0.311 e. The van der Waals surface area contributed by atoms with E-state index in [0.717, 1.165) is 0 Å². The van der Waals surface area contributed by atoms with Gasteiger partial charge in [-0.1, -0.05) is 18.2 Å². The summed E-state index contributed by atoms with van der Waals surface area (Å²) >= 11 is 0. The first-order chi connectivity index (χ1) is 14.9. The summed E-state index contributed by atoms with van der Waals surface area (Å²) in [5.74, 6) is -1.72. The molecule has 0 aliphatic carbocycles. The first kappa shape index (κ1) is 21.8. The average molecular weight is 427 g/mol. The molecule has 10 nitrogen and oxygen atoms in total. The van der Waals surface area contributed by atoms with Crippen molar-refractivity contribution in [1.29, 1.82) is 0 Å². The van der Waals surface area contributed by atoms with Crippen molar-refractivity contribution in [2.24, 2.45) is 5.92 Å². The summed E-state index contributed by atoms with van der Waals surface area (Å²) in [7, 11) is 0. The van der Waals surface area contributed by atoms with Crippen LogP contribution in [0.5, 0.6) is 5.75 Å². The largest absolute Gasteiger partial charge is 0.492 e. The quantitative estimate of drug-likeness (QED) is 0.389. The van der Waals surface area contributed by atoms with Crippen LogP contribution in [0.25, 0.3) is 0 Å². The number of amides is 2. The Labute approximate surface area is 177 Å². The van der Waals surface area contributed by atoms with Gasteiger partial charge in [0, 0.05) is 30.8 Å². The van der Waals surface area contributed by atoms with Gasteiger partial charge >= 0.3 is 5.97 Å². The van der Waals surface area contributed by atoms with Gasteiger partial charge in [-0.3, -0.25) is 24.5 Å². The van der Waals surface area contributed by atoms with Gasteiger partial charge in [0.05, 0.1) is 23.1 Å². The Morgan fingerprint density at radius 2 is 2.00 bits per heavy atom. The fraction of sp³-hybridized carbons (Fsp3) is 0.286. The molecule has 1 N–H and O–H groups in total. The molecule has 10 heteroatoms. The van der Waals surface area contributed by atoms with Crippen LogP contribution in [0.1, 0.15) is 13.3 Å². The van der Waals surface area contributed by atoms with Crippen LogP contribution in [0.15, 0.2) is 48.5 Å². The molecule has 31 heavy (non-hydrogen) atoms. The summed E-state index contributed by atoms with van der Waals surface area (Å²) in [6.45, 7) is 1.82. The first-order valence-electron chi connectivity index (χ1n) is 9.62. The lowest BCUT2D eigenvalue weighted by Gasteiger charge is -2.19. The topological polar surface area (TPSA) is 128 Å². The molecule has 1 saturated heterocycles. The molecule has 1 heterocycles. The molecule has 0 radical (unpaired) electrons. The predicted octanol–water partition coefficient (Wildman–Crippen LogP) is 2.53. The molecule has 0 unspecified atom stereocenters. The summed E-state index contributed by atoms with van der Waals surface area (Å²) in [5.41, 5.74) is 0.616. The third-order valence-electron chi connectivity index (χ3n) is 4.60. The zero-order valence-corrected chi connectivity index (χ0v) is 16.8. The highest BCUT2D eigenvalue weighted by molar-refractivity contribution is 6.01. The van der Waals surface area contributed by atoms with Crippen molar-refractivity contribution in [2.75, 3.05) is 30.0 Å². The lowest BCUT2D eigenvalue weighted by atomic mass is 10.1. The summed E-state index contributed by atoms with van der Waals surface area (Å²) in [5, 5.41) is 13.2. The Hall–Kier alpha value is -3.95. The molecule has 0 aromatic heterocycles. The summed E-state index contributed by atoms with van der Waals surface area (Å²) in [4.78, 5) is 48.5. The van der Waals surface area contributed by atoms with Crippen LogP contribution in [-0.4, -0.2) is 42.5 Å². The number of hydrogen-bond acceptors (Lipinski definition) is 7. The lowest BCUT2D eigenvalue weighted by molar-refractivity contribution is -0.384. The van der Waals surface area contributed by atoms with Crippen molar-refractivity contribution >= 4 is 34.8 Å². The maximum atomic E-state index is 12.4. The SMILES string of the molecule is CCOc1ccccc1N1C[C@@H](C(=O)OCC(=O)Nc2cccc([N+](=O)[O-])c2)CC1=O. The van der Waals surface area contributed by atoms with Gasteiger partial charge in [-0.15, -0.1) is 0 Å². The molecule has 0 spiro atoms. The van der Waals surface area contributed by atoms with E-state index in [2.05, 4.69) is 5.32 Å². The van der Waals surface area contributed by atoms with E-state index >= 15 is 0 Å². The van der Waals surface area contributed by atoms with Crippen molar-refractivity contribution in [3.8, 4) is 5.75 Å². The molecule has 162 valence electrons. The van der Waals surface area contributed by atoms with E-state index in [-0.39, 0.29) is 30.2 Å². The Morgan fingerprint density at radius 1 is 1.23 bits per heavy atom. The van der Waals surface area contributed by atoms with Crippen molar-refractivity contribution < 1.29 is 28.8 Å². The molecular formula is C21H21N3O7. The second-order valence-electron chi connectivity index (χ2n) is 6.77. The third-order valence-corrected chi connectivity index (χ3v) is 4.60. The number of esters is 1. The van der Waals surface area contributed by atoms with Gasteiger partial charge in [0.2, 0.25) is 5.91 Å². The normalized spacial score (nSPS) is 15.5. The first-order valence-corrected chi connectivity index (χ1v) is 9.62. The average Bonchev–Trinajstić information content (AvgIpc) is 3.14. The number of ether oxygens (including phenoxy) is 2. The van der Waals surface area contributed by atoms with Crippen LogP contribution in [0.3, 0.4) is 0 Å². The molecule has 0 saturated carbocycles. The van der Waals surface area contributed by atoms with Gasteiger partial charge in [0.1, 0.15) is 5.75 Å². The van der Waals surface area contributed by atoms with E-state index in [0.29, 0.717) is 18.0 Å². The highest BCUT2D eigenvalue weighted by Crippen LogP contribution is 2.33. The van der Waals surface area contributed by atoms with Crippen LogP contribution in [0, 0.1) is 16.0 Å². The van der Waals surface area contributed by atoms with Gasteiger partial charge in [-0.2, -0.15) is 0 Å².